The van der Waals surface area contributed by atoms with Gasteiger partial charge in [-0.3, -0.25) is 4.79 Å². The normalized spacial score (nSPS) is 25.2. The number of rotatable bonds is 2. The molecule has 14 heavy (non-hydrogen) atoms. The van der Waals surface area contributed by atoms with Crippen LogP contribution in [0.25, 0.3) is 0 Å². The van der Waals surface area contributed by atoms with Gasteiger partial charge in [-0.2, -0.15) is 4.31 Å². The van der Waals surface area contributed by atoms with Gasteiger partial charge in [0, 0.05) is 18.5 Å². The molecular formula is C8H14N2O3S. The highest BCUT2D eigenvalue weighted by molar-refractivity contribution is 7.92. The molecule has 1 amide bonds. The van der Waals surface area contributed by atoms with Crippen molar-refractivity contribution >= 4 is 15.9 Å². The minimum atomic E-state index is -3.49. The van der Waals surface area contributed by atoms with Crippen LogP contribution in [0.4, 0.5) is 0 Å². The third-order valence-corrected chi connectivity index (χ3v) is 3.78. The first-order valence-electron chi connectivity index (χ1n) is 4.41. The van der Waals surface area contributed by atoms with Crippen molar-refractivity contribution < 1.29 is 13.2 Å². The lowest BCUT2D eigenvalue weighted by atomic mass is 10.3. The van der Waals surface area contributed by atoms with E-state index >= 15 is 0 Å². The molecule has 5 nitrogen and oxygen atoms in total. The molecule has 0 aromatic rings. The molecule has 0 aliphatic carbocycles. The van der Waals surface area contributed by atoms with Crippen LogP contribution in [0.15, 0.2) is 12.0 Å². The first kappa shape index (κ1) is 11.2. The molecule has 0 saturated carbocycles. The molecule has 6 heteroatoms. The van der Waals surface area contributed by atoms with E-state index in [1.165, 1.54) is 4.31 Å². The van der Waals surface area contributed by atoms with Crippen molar-refractivity contribution in [2.24, 2.45) is 0 Å². The summed E-state index contributed by atoms with van der Waals surface area (Å²) in [6.07, 6.45) is 0.628. The summed E-state index contributed by atoms with van der Waals surface area (Å²) in [7, 11) is -3.49. The Hall–Kier alpha value is -0.880. The Morgan fingerprint density at radius 2 is 2.29 bits per heavy atom. The molecular weight excluding hydrogens is 204 g/mol. The number of carbonyl (C=O) groups is 1. The van der Waals surface area contributed by atoms with Gasteiger partial charge in [-0.25, -0.2) is 8.42 Å². The van der Waals surface area contributed by atoms with Crippen LogP contribution in [0, 0.1) is 0 Å². The molecule has 1 unspecified atom stereocenters. The maximum atomic E-state index is 11.5. The number of hydrogen-bond donors (Lipinski definition) is 1. The third-order valence-electron chi connectivity index (χ3n) is 2.20. The maximum absolute atomic E-state index is 11.5. The molecule has 1 aliphatic heterocycles. The van der Waals surface area contributed by atoms with Crippen LogP contribution in [0.3, 0.4) is 0 Å². The molecule has 1 aliphatic rings. The van der Waals surface area contributed by atoms with E-state index in [4.69, 9.17) is 0 Å². The van der Waals surface area contributed by atoms with Crippen LogP contribution >= 0.6 is 0 Å². The van der Waals surface area contributed by atoms with Gasteiger partial charge in [0.15, 0.2) is 0 Å². The molecule has 1 heterocycles. The van der Waals surface area contributed by atoms with E-state index in [0.29, 0.717) is 19.5 Å². The van der Waals surface area contributed by atoms with E-state index in [1.807, 2.05) is 0 Å². The lowest BCUT2D eigenvalue weighted by Gasteiger charge is -2.22. The number of sulfonamides is 1. The third kappa shape index (κ3) is 2.13. The zero-order valence-electron chi connectivity index (χ0n) is 8.06. The molecule has 1 fully saturated rings. The minimum absolute atomic E-state index is 0.257. The Balaban J connectivity index is 2.96. The summed E-state index contributed by atoms with van der Waals surface area (Å²) in [6.45, 7) is 5.68. The molecule has 0 aromatic carbocycles. The minimum Gasteiger partial charge on any atom is -0.355 e. The smallest absolute Gasteiger partial charge is 0.238 e. The second-order valence-corrected chi connectivity index (χ2v) is 4.98. The van der Waals surface area contributed by atoms with Gasteiger partial charge in [-0.15, -0.1) is 0 Å². The van der Waals surface area contributed by atoms with Crippen molar-refractivity contribution in [1.82, 2.24) is 9.62 Å². The second-order valence-electron chi connectivity index (χ2n) is 3.14. The Morgan fingerprint density at radius 1 is 1.64 bits per heavy atom. The highest BCUT2D eigenvalue weighted by atomic mass is 32.2. The van der Waals surface area contributed by atoms with E-state index in [2.05, 4.69) is 11.9 Å². The van der Waals surface area contributed by atoms with Gasteiger partial charge in [-0.05, 0) is 13.3 Å². The molecule has 1 N–H and O–H groups in total. The van der Waals surface area contributed by atoms with E-state index in [-0.39, 0.29) is 5.91 Å². The molecule has 1 rings (SSSR count). The molecule has 0 bridgehead atoms. The van der Waals surface area contributed by atoms with Gasteiger partial charge in [0.1, 0.15) is 6.04 Å². The first-order chi connectivity index (χ1) is 6.49. The zero-order chi connectivity index (χ0) is 10.8. The molecule has 1 atom stereocenters. The lowest BCUT2D eigenvalue weighted by molar-refractivity contribution is -0.123. The van der Waals surface area contributed by atoms with Gasteiger partial charge in [0.05, 0.1) is 0 Å². The van der Waals surface area contributed by atoms with Crippen LogP contribution in [0.1, 0.15) is 13.3 Å². The van der Waals surface area contributed by atoms with Crippen molar-refractivity contribution in [3.8, 4) is 0 Å². The first-order valence-corrected chi connectivity index (χ1v) is 5.91. The predicted molar refractivity (Wildman–Crippen MR) is 52.9 cm³/mol. The largest absolute Gasteiger partial charge is 0.355 e. The standard InChI is InChI=1S/C8H14N2O3S/c1-3-14(12,13)10-6-4-5-9-8(11)7(10)2/h3,7H,1,4-6H2,2H3,(H,9,11). The fraction of sp³-hybridized carbons (Fsp3) is 0.625. The number of nitrogens with zero attached hydrogens (tertiary/aromatic N) is 1. The number of hydrogen-bond acceptors (Lipinski definition) is 3. The SMILES string of the molecule is C=CS(=O)(=O)N1CCCNC(=O)C1C. The Labute approximate surface area is 83.8 Å². The highest BCUT2D eigenvalue weighted by Crippen LogP contribution is 2.11. The fourth-order valence-electron chi connectivity index (χ4n) is 1.36. The quantitative estimate of drug-likeness (QED) is 0.690. The highest BCUT2D eigenvalue weighted by Gasteiger charge is 2.30. The van der Waals surface area contributed by atoms with Crippen LogP contribution < -0.4 is 5.32 Å². The summed E-state index contributed by atoms with van der Waals surface area (Å²) in [4.78, 5) is 11.3. The van der Waals surface area contributed by atoms with Gasteiger partial charge >= 0.3 is 0 Å². The Bertz CT molecular complexity index is 336. The molecule has 0 radical (unpaired) electrons. The topological polar surface area (TPSA) is 66.5 Å². The van der Waals surface area contributed by atoms with Gasteiger partial charge in [0.2, 0.25) is 15.9 Å². The van der Waals surface area contributed by atoms with Gasteiger partial charge < -0.3 is 5.32 Å². The zero-order valence-corrected chi connectivity index (χ0v) is 8.88. The van der Waals surface area contributed by atoms with Crippen molar-refractivity contribution in [3.63, 3.8) is 0 Å². The van der Waals surface area contributed by atoms with Crippen molar-refractivity contribution in [2.75, 3.05) is 13.1 Å². The summed E-state index contributed by atoms with van der Waals surface area (Å²) in [5, 5.41) is 3.52. The van der Waals surface area contributed by atoms with Gasteiger partial charge in [0.25, 0.3) is 0 Å². The molecule has 0 aromatic heterocycles. The van der Waals surface area contributed by atoms with Crippen molar-refractivity contribution in [2.45, 2.75) is 19.4 Å². The number of nitrogens with one attached hydrogen (secondary N) is 1. The monoisotopic (exact) mass is 218 g/mol. The molecule has 80 valence electrons. The summed E-state index contributed by atoms with van der Waals surface area (Å²) in [6, 6.07) is -0.652. The Morgan fingerprint density at radius 3 is 2.86 bits per heavy atom. The van der Waals surface area contributed by atoms with E-state index in [1.54, 1.807) is 6.92 Å². The maximum Gasteiger partial charge on any atom is 0.238 e. The van der Waals surface area contributed by atoms with Crippen molar-refractivity contribution in [3.05, 3.63) is 12.0 Å². The van der Waals surface area contributed by atoms with Gasteiger partial charge in [-0.1, -0.05) is 6.58 Å². The van der Waals surface area contributed by atoms with E-state index < -0.39 is 16.1 Å². The average Bonchev–Trinajstić information content (AvgIpc) is 2.30. The van der Waals surface area contributed by atoms with E-state index in [9.17, 15) is 13.2 Å². The van der Waals surface area contributed by atoms with Crippen LogP contribution in [-0.2, 0) is 14.8 Å². The summed E-state index contributed by atoms with van der Waals surface area (Å²) >= 11 is 0. The lowest BCUT2D eigenvalue weighted by Crippen LogP contribution is -2.44. The Kier molecular flexibility index (Phi) is 3.28. The molecule has 0 spiro atoms. The fourth-order valence-corrected chi connectivity index (χ4v) is 2.47. The van der Waals surface area contributed by atoms with Crippen molar-refractivity contribution in [1.29, 1.82) is 0 Å². The van der Waals surface area contributed by atoms with E-state index in [0.717, 1.165) is 5.41 Å². The molecule has 1 saturated heterocycles. The predicted octanol–water partition coefficient (Wildman–Crippen LogP) is -0.330. The summed E-state index contributed by atoms with van der Waals surface area (Å²) < 4.78 is 24.2. The van der Waals surface area contributed by atoms with Crippen LogP contribution in [0.5, 0.6) is 0 Å². The summed E-state index contributed by atoms with van der Waals surface area (Å²) in [5.74, 6) is -0.257. The average molecular weight is 218 g/mol. The number of amides is 1. The van der Waals surface area contributed by atoms with Crippen LogP contribution in [0.2, 0.25) is 0 Å². The second kappa shape index (κ2) is 4.10. The van der Waals surface area contributed by atoms with Crippen LogP contribution in [-0.4, -0.2) is 37.8 Å². The number of carbonyl (C=O) groups excluding carboxylic acids is 1. The summed E-state index contributed by atoms with van der Waals surface area (Å²) in [5.41, 5.74) is 0.